The smallest absolute Gasteiger partial charge is 0.192 e. The van der Waals surface area contributed by atoms with Gasteiger partial charge in [-0.2, -0.15) is 0 Å². The standard InChI is InChI=1S/C14H30INO3Si/c1-13(2,3)20(6,7)18-9-10-12(15)11(8-16-10)19-14(4,5)17/h10-12,16-17H,8-9H2,1-7H3/t10-,11?,12?/m1/s1. The Morgan fingerprint density at radius 2 is 1.80 bits per heavy atom. The first-order chi connectivity index (χ1) is 8.83. The maximum Gasteiger partial charge on any atom is 0.192 e. The van der Waals surface area contributed by atoms with Crippen LogP contribution in [0.2, 0.25) is 18.1 Å². The van der Waals surface area contributed by atoms with E-state index in [1.54, 1.807) is 13.8 Å². The van der Waals surface area contributed by atoms with Crippen molar-refractivity contribution in [3.63, 3.8) is 0 Å². The maximum atomic E-state index is 9.77. The molecule has 0 radical (unpaired) electrons. The average Bonchev–Trinajstić information content (AvgIpc) is 2.54. The van der Waals surface area contributed by atoms with Gasteiger partial charge in [-0.1, -0.05) is 43.4 Å². The van der Waals surface area contributed by atoms with Gasteiger partial charge in [-0.25, -0.2) is 0 Å². The highest BCUT2D eigenvalue weighted by Gasteiger charge is 2.41. The highest BCUT2D eigenvalue weighted by molar-refractivity contribution is 14.1. The minimum Gasteiger partial charge on any atom is -0.415 e. The number of hydrogen-bond acceptors (Lipinski definition) is 4. The zero-order valence-electron chi connectivity index (χ0n) is 13.8. The SMILES string of the molecule is CC(C)(O)OC1CN[C@H](CO[Si](C)(C)C(C)(C)C)C1I. The third-order valence-corrected chi connectivity index (χ3v) is 10.4. The largest absolute Gasteiger partial charge is 0.415 e. The van der Waals surface area contributed by atoms with E-state index in [0.717, 1.165) is 13.2 Å². The van der Waals surface area contributed by atoms with Gasteiger partial charge in [-0.05, 0) is 32.0 Å². The number of ether oxygens (including phenoxy) is 1. The average molecular weight is 415 g/mol. The predicted molar refractivity (Wildman–Crippen MR) is 93.9 cm³/mol. The van der Waals surface area contributed by atoms with E-state index in [4.69, 9.17) is 9.16 Å². The van der Waals surface area contributed by atoms with Crippen molar-refractivity contribution in [3.05, 3.63) is 0 Å². The van der Waals surface area contributed by atoms with Crippen LogP contribution in [0.4, 0.5) is 0 Å². The van der Waals surface area contributed by atoms with Crippen molar-refractivity contribution in [1.82, 2.24) is 5.32 Å². The van der Waals surface area contributed by atoms with Gasteiger partial charge >= 0.3 is 0 Å². The van der Waals surface area contributed by atoms with E-state index in [1.165, 1.54) is 0 Å². The van der Waals surface area contributed by atoms with Crippen LogP contribution in [0.15, 0.2) is 0 Å². The lowest BCUT2D eigenvalue weighted by Gasteiger charge is -2.37. The van der Waals surface area contributed by atoms with Crippen molar-refractivity contribution in [1.29, 1.82) is 0 Å². The molecule has 0 bridgehead atoms. The molecule has 20 heavy (non-hydrogen) atoms. The highest BCUT2D eigenvalue weighted by atomic mass is 127. The molecule has 1 fully saturated rings. The predicted octanol–water partition coefficient (Wildman–Crippen LogP) is 2.90. The summed E-state index contributed by atoms with van der Waals surface area (Å²) in [5, 5.41) is 13.5. The van der Waals surface area contributed by atoms with E-state index in [9.17, 15) is 5.11 Å². The summed E-state index contributed by atoms with van der Waals surface area (Å²) in [6.45, 7) is 16.1. The summed E-state index contributed by atoms with van der Waals surface area (Å²) in [5.74, 6) is -1.08. The summed E-state index contributed by atoms with van der Waals surface area (Å²) < 4.78 is 12.3. The Kier molecular flexibility index (Phi) is 6.12. The van der Waals surface area contributed by atoms with Gasteiger partial charge in [0.1, 0.15) is 0 Å². The molecular weight excluding hydrogens is 385 g/mol. The molecule has 0 saturated carbocycles. The van der Waals surface area contributed by atoms with Crippen molar-refractivity contribution in [2.75, 3.05) is 13.2 Å². The Morgan fingerprint density at radius 1 is 1.25 bits per heavy atom. The van der Waals surface area contributed by atoms with Crippen LogP contribution in [0, 0.1) is 0 Å². The molecule has 1 aliphatic heterocycles. The van der Waals surface area contributed by atoms with Crippen molar-refractivity contribution in [2.24, 2.45) is 0 Å². The molecule has 4 nitrogen and oxygen atoms in total. The van der Waals surface area contributed by atoms with Crippen LogP contribution in [0.3, 0.4) is 0 Å². The van der Waals surface area contributed by atoms with Gasteiger partial charge in [0, 0.05) is 12.6 Å². The summed E-state index contributed by atoms with van der Waals surface area (Å²) >= 11 is 2.41. The van der Waals surface area contributed by atoms with E-state index in [-0.39, 0.29) is 17.2 Å². The van der Waals surface area contributed by atoms with E-state index < -0.39 is 14.1 Å². The molecule has 6 heteroatoms. The lowest BCUT2D eigenvalue weighted by molar-refractivity contribution is -0.199. The maximum absolute atomic E-state index is 9.77. The summed E-state index contributed by atoms with van der Waals surface area (Å²) in [7, 11) is -1.70. The van der Waals surface area contributed by atoms with Gasteiger partial charge in [0.05, 0.1) is 16.6 Å². The molecule has 0 spiro atoms. The molecule has 1 heterocycles. The number of aliphatic hydroxyl groups is 1. The Balaban J connectivity index is 2.52. The molecule has 0 aliphatic carbocycles. The molecule has 0 aromatic heterocycles. The summed E-state index contributed by atoms with van der Waals surface area (Å²) in [6.07, 6.45) is 0.0311. The third kappa shape index (κ3) is 5.21. The second-order valence-corrected chi connectivity index (χ2v) is 13.9. The van der Waals surface area contributed by atoms with Crippen LogP contribution in [-0.4, -0.2) is 48.4 Å². The Labute approximate surface area is 138 Å². The molecule has 2 unspecified atom stereocenters. The summed E-state index contributed by atoms with van der Waals surface area (Å²) in [4.78, 5) is 0. The second-order valence-electron chi connectivity index (χ2n) is 7.63. The number of alkyl halides is 1. The quantitative estimate of drug-likeness (QED) is 0.314. The van der Waals surface area contributed by atoms with Crippen molar-refractivity contribution < 1.29 is 14.3 Å². The molecule has 0 amide bonds. The molecule has 3 atom stereocenters. The van der Waals surface area contributed by atoms with Gasteiger partial charge < -0.3 is 19.6 Å². The van der Waals surface area contributed by atoms with Crippen LogP contribution in [0.1, 0.15) is 34.6 Å². The van der Waals surface area contributed by atoms with E-state index in [0.29, 0.717) is 3.92 Å². The lowest BCUT2D eigenvalue weighted by atomic mass is 10.2. The van der Waals surface area contributed by atoms with Gasteiger partial charge in [-0.3, -0.25) is 0 Å². The first kappa shape index (κ1) is 18.8. The molecule has 1 aliphatic rings. The number of halogens is 1. The van der Waals surface area contributed by atoms with Crippen LogP contribution < -0.4 is 5.32 Å². The molecule has 120 valence electrons. The Morgan fingerprint density at radius 3 is 2.25 bits per heavy atom. The van der Waals surface area contributed by atoms with Gasteiger partial charge in [0.25, 0.3) is 0 Å². The normalized spacial score (nSPS) is 28.9. The molecule has 1 rings (SSSR count). The Hall–Kier alpha value is 0.787. The van der Waals surface area contributed by atoms with Crippen molar-refractivity contribution >= 4 is 30.9 Å². The second kappa shape index (κ2) is 6.50. The first-order valence-electron chi connectivity index (χ1n) is 7.25. The van der Waals surface area contributed by atoms with Crippen molar-refractivity contribution in [3.8, 4) is 0 Å². The van der Waals surface area contributed by atoms with Gasteiger partial charge in [0.15, 0.2) is 14.1 Å². The lowest BCUT2D eigenvalue weighted by Crippen LogP contribution is -2.45. The van der Waals surface area contributed by atoms with Crippen LogP contribution in [0.5, 0.6) is 0 Å². The molecule has 1 saturated heterocycles. The molecule has 2 N–H and O–H groups in total. The fraction of sp³-hybridized carbons (Fsp3) is 1.00. The minimum absolute atomic E-state index is 0.0311. The monoisotopic (exact) mass is 415 g/mol. The van der Waals surface area contributed by atoms with Gasteiger partial charge in [-0.15, -0.1) is 0 Å². The molecular formula is C14H30INO3Si. The van der Waals surface area contributed by atoms with E-state index in [2.05, 4.69) is 61.8 Å². The van der Waals surface area contributed by atoms with Crippen LogP contribution >= 0.6 is 22.6 Å². The van der Waals surface area contributed by atoms with E-state index in [1.807, 2.05) is 0 Å². The minimum atomic E-state index is -1.70. The molecule has 0 aromatic carbocycles. The third-order valence-electron chi connectivity index (χ3n) is 4.19. The summed E-state index contributed by atoms with van der Waals surface area (Å²) in [5.41, 5.74) is 0. The Bertz CT molecular complexity index is 325. The van der Waals surface area contributed by atoms with Crippen LogP contribution in [0.25, 0.3) is 0 Å². The highest BCUT2D eigenvalue weighted by Crippen LogP contribution is 2.37. The number of nitrogens with one attached hydrogen (secondary N) is 1. The van der Waals surface area contributed by atoms with E-state index >= 15 is 0 Å². The fourth-order valence-corrected chi connectivity index (χ4v) is 3.79. The van der Waals surface area contributed by atoms with Crippen molar-refractivity contribution in [2.45, 2.75) is 74.6 Å². The first-order valence-corrected chi connectivity index (χ1v) is 11.4. The fourth-order valence-electron chi connectivity index (χ4n) is 1.89. The van der Waals surface area contributed by atoms with Gasteiger partial charge in [0.2, 0.25) is 0 Å². The molecule has 0 aromatic rings. The topological polar surface area (TPSA) is 50.7 Å². The van der Waals surface area contributed by atoms with Crippen LogP contribution in [-0.2, 0) is 9.16 Å². The number of hydrogen-bond donors (Lipinski definition) is 2. The summed E-state index contributed by atoms with van der Waals surface area (Å²) in [6, 6.07) is 0.289. The number of rotatable bonds is 5. The zero-order chi connectivity index (χ0) is 15.8. The zero-order valence-corrected chi connectivity index (χ0v) is 16.9.